The lowest BCUT2D eigenvalue weighted by Crippen LogP contribution is -2.42. The van der Waals surface area contributed by atoms with E-state index in [0.717, 1.165) is 6.92 Å². The summed E-state index contributed by atoms with van der Waals surface area (Å²) in [4.78, 5) is 69.2. The largest absolute Gasteiger partial charge is 0.504 e. The summed E-state index contributed by atoms with van der Waals surface area (Å²) >= 11 is 0. The van der Waals surface area contributed by atoms with E-state index in [1.165, 1.54) is 24.8 Å². The van der Waals surface area contributed by atoms with Crippen molar-refractivity contribution in [1.29, 1.82) is 0 Å². The number of likely N-dealkylation sites (tertiary alicyclic amines) is 1. The molecule has 1 heterocycles. The van der Waals surface area contributed by atoms with E-state index in [0.29, 0.717) is 12.8 Å². The number of phenols is 1. The van der Waals surface area contributed by atoms with Crippen LogP contribution in [0.1, 0.15) is 57.3 Å². The summed E-state index contributed by atoms with van der Waals surface area (Å²) in [6.45, 7) is 5.06. The van der Waals surface area contributed by atoms with Gasteiger partial charge >= 0.3 is 18.0 Å². The van der Waals surface area contributed by atoms with Crippen LogP contribution < -0.4 is 14.9 Å². The van der Waals surface area contributed by atoms with Gasteiger partial charge in [0, 0.05) is 59.2 Å². The Bertz CT molecular complexity index is 984. The lowest BCUT2D eigenvalue weighted by Gasteiger charge is -2.32. The number of nitrogens with zero attached hydrogens (tertiary/aromatic N) is 1. The Labute approximate surface area is 201 Å². The fraction of sp³-hybridized carbons (Fsp3) is 0.500. The molecule has 2 N–H and O–H groups in total. The molecule has 0 radical (unpaired) electrons. The van der Waals surface area contributed by atoms with E-state index >= 15 is 0 Å². The molecule has 1 aliphatic rings. The van der Waals surface area contributed by atoms with Crippen molar-refractivity contribution in [3.05, 3.63) is 11.6 Å². The fourth-order valence-corrected chi connectivity index (χ4v) is 3.23. The van der Waals surface area contributed by atoms with E-state index < -0.39 is 48.4 Å². The van der Waals surface area contributed by atoms with Crippen LogP contribution in [0.15, 0.2) is 6.07 Å². The molecule has 0 aromatic heterocycles. The lowest BCUT2D eigenvalue weighted by molar-refractivity contribution is -0.211. The van der Waals surface area contributed by atoms with Gasteiger partial charge in [-0.1, -0.05) is 6.92 Å². The first kappa shape index (κ1) is 27.2. The second-order valence-electron chi connectivity index (χ2n) is 7.56. The normalized spacial score (nSPS) is 13.4. The number of anilines is 1. The molecule has 0 spiro atoms. The Morgan fingerprint density at radius 2 is 1.71 bits per heavy atom. The van der Waals surface area contributed by atoms with Crippen LogP contribution in [-0.2, 0) is 28.7 Å². The first-order valence-corrected chi connectivity index (χ1v) is 10.8. The predicted octanol–water partition coefficient (Wildman–Crippen LogP) is 2.30. The molecule has 1 aliphatic heterocycles. The summed E-state index contributed by atoms with van der Waals surface area (Å²) in [6.07, 6.45) is -0.521. The second-order valence-corrected chi connectivity index (χ2v) is 7.56. The van der Waals surface area contributed by atoms with Gasteiger partial charge in [-0.2, -0.15) is 0 Å². The quantitative estimate of drug-likeness (QED) is 0.169. The standard InChI is InChI=1S/C22H28N2O11/c1-5-17(28)19-16(23-12(2)25)10-18(35-34-14(4)27)21(20(19)29)33-15-6-8-24(9-7-15)22(30)32-11-31-13(3)26/h10,15,29H,5-9,11H2,1-4H3,(H,23,25). The van der Waals surface area contributed by atoms with E-state index in [1.807, 2.05) is 0 Å². The summed E-state index contributed by atoms with van der Waals surface area (Å²) in [7, 11) is 0. The molecular formula is C22H28N2O11. The van der Waals surface area contributed by atoms with Crippen LogP contribution in [0.4, 0.5) is 10.5 Å². The van der Waals surface area contributed by atoms with Gasteiger partial charge in [-0.05, 0) is 0 Å². The number of hydrogen-bond donors (Lipinski definition) is 2. The van der Waals surface area contributed by atoms with Gasteiger partial charge in [0.05, 0.1) is 11.3 Å². The Hall–Kier alpha value is -4.03. The zero-order valence-corrected chi connectivity index (χ0v) is 19.9. The minimum absolute atomic E-state index is 0.0254. The second kappa shape index (κ2) is 12.4. The molecule has 1 fully saturated rings. The zero-order valence-electron chi connectivity index (χ0n) is 19.9. The van der Waals surface area contributed by atoms with Gasteiger partial charge in [0.2, 0.25) is 24.2 Å². The number of nitrogens with one attached hydrogen (secondary N) is 1. The minimum Gasteiger partial charge on any atom is -0.504 e. The average Bonchev–Trinajstić information content (AvgIpc) is 2.79. The van der Waals surface area contributed by atoms with Gasteiger partial charge in [0.15, 0.2) is 11.5 Å². The maximum absolute atomic E-state index is 12.5. The summed E-state index contributed by atoms with van der Waals surface area (Å²) in [5.74, 6) is -3.43. The van der Waals surface area contributed by atoms with Crippen LogP contribution in [0, 0.1) is 0 Å². The molecule has 0 saturated carbocycles. The van der Waals surface area contributed by atoms with Crippen molar-refractivity contribution in [2.24, 2.45) is 0 Å². The van der Waals surface area contributed by atoms with Gasteiger partial charge in [-0.25, -0.2) is 9.59 Å². The SMILES string of the molecule is CCC(=O)c1c(NC(C)=O)cc(OOC(C)=O)c(OC2CCN(C(=O)OCOC(C)=O)CC2)c1O. The van der Waals surface area contributed by atoms with Gasteiger partial charge in [-0.15, -0.1) is 0 Å². The summed E-state index contributed by atoms with van der Waals surface area (Å²) in [5.41, 5.74) is -0.221. The van der Waals surface area contributed by atoms with Gasteiger partial charge in [0.1, 0.15) is 6.10 Å². The van der Waals surface area contributed by atoms with E-state index in [9.17, 15) is 29.1 Å². The molecule has 1 aromatic rings. The number of piperidine rings is 1. The predicted molar refractivity (Wildman–Crippen MR) is 118 cm³/mol. The highest BCUT2D eigenvalue weighted by Crippen LogP contribution is 2.45. The van der Waals surface area contributed by atoms with Crippen LogP contribution in [0.5, 0.6) is 17.2 Å². The summed E-state index contributed by atoms with van der Waals surface area (Å²) < 4.78 is 15.3. The van der Waals surface area contributed by atoms with Crippen molar-refractivity contribution in [3.8, 4) is 17.2 Å². The molecule has 0 aliphatic carbocycles. The Balaban J connectivity index is 2.24. The number of ketones is 1. The number of hydrogen-bond acceptors (Lipinski definition) is 11. The first-order chi connectivity index (χ1) is 16.5. The Kier molecular flexibility index (Phi) is 9.67. The van der Waals surface area contributed by atoms with Gasteiger partial charge in [-0.3, -0.25) is 24.2 Å². The third-order valence-electron chi connectivity index (χ3n) is 4.81. The molecular weight excluding hydrogens is 468 g/mol. The number of amides is 2. The molecule has 35 heavy (non-hydrogen) atoms. The molecule has 0 atom stereocenters. The van der Waals surface area contributed by atoms with Crippen molar-refractivity contribution in [2.75, 3.05) is 25.2 Å². The van der Waals surface area contributed by atoms with Crippen LogP contribution in [0.25, 0.3) is 0 Å². The van der Waals surface area contributed by atoms with E-state index in [2.05, 4.69) is 14.9 Å². The monoisotopic (exact) mass is 496 g/mol. The van der Waals surface area contributed by atoms with Gasteiger partial charge < -0.3 is 29.5 Å². The van der Waals surface area contributed by atoms with E-state index in [4.69, 9.17) is 14.4 Å². The molecule has 0 bridgehead atoms. The van der Waals surface area contributed by atoms with Crippen molar-refractivity contribution < 1.29 is 53.1 Å². The Morgan fingerprint density at radius 3 is 2.26 bits per heavy atom. The number of ether oxygens (including phenoxy) is 3. The minimum atomic E-state index is -0.786. The number of carbonyl (C=O) groups excluding carboxylic acids is 5. The van der Waals surface area contributed by atoms with E-state index in [-0.39, 0.29) is 42.3 Å². The molecule has 13 nitrogen and oxygen atoms in total. The maximum atomic E-state index is 12.5. The van der Waals surface area contributed by atoms with Crippen molar-refractivity contribution in [2.45, 2.75) is 53.1 Å². The summed E-state index contributed by atoms with van der Waals surface area (Å²) in [6, 6.07) is 1.21. The Morgan fingerprint density at radius 1 is 1.06 bits per heavy atom. The van der Waals surface area contributed by atoms with Gasteiger partial charge in [0.25, 0.3) is 0 Å². The molecule has 13 heteroatoms. The third-order valence-corrected chi connectivity index (χ3v) is 4.81. The number of phenolic OH excluding ortho intramolecular Hbond substituents is 1. The number of rotatable bonds is 9. The smallest absolute Gasteiger partial charge is 0.412 e. The third kappa shape index (κ3) is 7.76. The maximum Gasteiger partial charge on any atom is 0.412 e. The molecule has 2 rings (SSSR count). The number of esters is 1. The lowest BCUT2D eigenvalue weighted by atomic mass is 10.0. The zero-order chi connectivity index (χ0) is 26.1. The number of Topliss-reactive ketones (excluding diaryl/α,β-unsaturated/α-hetero) is 1. The average molecular weight is 496 g/mol. The van der Waals surface area contributed by atoms with Crippen LogP contribution in [0.2, 0.25) is 0 Å². The number of benzene rings is 1. The number of aromatic hydroxyl groups is 1. The number of carbonyl (C=O) groups is 5. The molecule has 1 saturated heterocycles. The highest BCUT2D eigenvalue weighted by molar-refractivity contribution is 6.07. The molecule has 0 unspecified atom stereocenters. The molecule has 1 aromatic carbocycles. The topological polar surface area (TPSA) is 167 Å². The first-order valence-electron chi connectivity index (χ1n) is 10.8. The highest BCUT2D eigenvalue weighted by Gasteiger charge is 2.30. The van der Waals surface area contributed by atoms with Crippen molar-refractivity contribution >= 4 is 35.4 Å². The van der Waals surface area contributed by atoms with Crippen molar-refractivity contribution in [3.63, 3.8) is 0 Å². The molecule has 192 valence electrons. The van der Waals surface area contributed by atoms with Crippen LogP contribution in [0.3, 0.4) is 0 Å². The highest BCUT2D eigenvalue weighted by atomic mass is 17.2. The van der Waals surface area contributed by atoms with Crippen molar-refractivity contribution in [1.82, 2.24) is 4.90 Å². The summed E-state index contributed by atoms with van der Waals surface area (Å²) in [5, 5.41) is 13.3. The van der Waals surface area contributed by atoms with Crippen LogP contribution >= 0.6 is 0 Å². The van der Waals surface area contributed by atoms with Crippen LogP contribution in [-0.4, -0.2) is 65.7 Å². The molecule has 2 amide bonds. The fourth-order valence-electron chi connectivity index (χ4n) is 3.23. The van der Waals surface area contributed by atoms with E-state index in [1.54, 1.807) is 6.92 Å².